The minimum Gasteiger partial charge on any atom is -0.399 e. The SMILES string of the molecule is Nc1ccc(N2CCCC2)c(C(=O)N2CCCCC2)c1. The highest BCUT2D eigenvalue weighted by atomic mass is 16.2. The van der Waals surface area contributed by atoms with Crippen LogP contribution in [-0.4, -0.2) is 37.0 Å². The van der Waals surface area contributed by atoms with Gasteiger partial charge in [-0.15, -0.1) is 0 Å². The first kappa shape index (κ1) is 13.3. The van der Waals surface area contributed by atoms with Gasteiger partial charge in [0.25, 0.3) is 5.91 Å². The van der Waals surface area contributed by atoms with Crippen LogP contribution < -0.4 is 10.6 Å². The minimum absolute atomic E-state index is 0.152. The molecule has 4 nitrogen and oxygen atoms in total. The Morgan fingerprint density at radius 1 is 0.950 bits per heavy atom. The lowest BCUT2D eigenvalue weighted by Crippen LogP contribution is -2.36. The predicted octanol–water partition coefficient (Wildman–Crippen LogP) is 2.50. The Hall–Kier alpha value is -1.71. The highest BCUT2D eigenvalue weighted by Crippen LogP contribution is 2.28. The number of nitrogens with two attached hydrogens (primary N) is 1. The number of nitrogens with zero attached hydrogens (tertiary/aromatic N) is 2. The van der Waals surface area contributed by atoms with E-state index in [-0.39, 0.29) is 5.91 Å². The van der Waals surface area contributed by atoms with Crippen molar-refractivity contribution in [3.8, 4) is 0 Å². The van der Waals surface area contributed by atoms with Crippen LogP contribution in [0.4, 0.5) is 11.4 Å². The standard InChI is InChI=1S/C16H23N3O/c17-13-6-7-15(18-8-4-5-9-18)14(12-13)16(20)19-10-2-1-3-11-19/h6-7,12H,1-5,8-11,17H2. The first-order valence-corrected chi connectivity index (χ1v) is 7.69. The van der Waals surface area contributed by atoms with Gasteiger partial charge in [0.2, 0.25) is 0 Å². The smallest absolute Gasteiger partial charge is 0.256 e. The van der Waals surface area contributed by atoms with Crippen molar-refractivity contribution in [2.24, 2.45) is 0 Å². The van der Waals surface area contributed by atoms with Crippen molar-refractivity contribution in [1.82, 2.24) is 4.90 Å². The summed E-state index contributed by atoms with van der Waals surface area (Å²) in [6, 6.07) is 5.77. The van der Waals surface area contributed by atoms with Crippen LogP contribution in [0, 0.1) is 0 Å². The number of carbonyl (C=O) groups is 1. The molecular formula is C16H23N3O. The van der Waals surface area contributed by atoms with Gasteiger partial charge >= 0.3 is 0 Å². The summed E-state index contributed by atoms with van der Waals surface area (Å²) in [6.07, 6.45) is 5.89. The van der Waals surface area contributed by atoms with E-state index in [4.69, 9.17) is 5.73 Å². The number of anilines is 2. The van der Waals surface area contributed by atoms with Crippen LogP contribution in [0.1, 0.15) is 42.5 Å². The zero-order valence-corrected chi connectivity index (χ0v) is 12.0. The topological polar surface area (TPSA) is 49.6 Å². The molecular weight excluding hydrogens is 250 g/mol. The maximum absolute atomic E-state index is 12.8. The molecule has 1 aromatic rings. The Bertz CT molecular complexity index is 488. The molecule has 0 bridgehead atoms. The zero-order valence-electron chi connectivity index (χ0n) is 12.0. The van der Waals surface area contributed by atoms with Gasteiger partial charge in [0.05, 0.1) is 5.56 Å². The minimum atomic E-state index is 0.152. The summed E-state index contributed by atoms with van der Waals surface area (Å²) in [5, 5.41) is 0. The van der Waals surface area contributed by atoms with E-state index in [1.165, 1.54) is 19.3 Å². The number of amides is 1. The van der Waals surface area contributed by atoms with E-state index in [0.717, 1.165) is 50.3 Å². The molecule has 2 fully saturated rings. The molecule has 1 amide bonds. The van der Waals surface area contributed by atoms with Gasteiger partial charge in [-0.05, 0) is 50.3 Å². The van der Waals surface area contributed by atoms with E-state index in [1.54, 1.807) is 0 Å². The lowest BCUT2D eigenvalue weighted by molar-refractivity contribution is 0.0725. The predicted molar refractivity (Wildman–Crippen MR) is 82.1 cm³/mol. The Labute approximate surface area is 120 Å². The van der Waals surface area contributed by atoms with Gasteiger partial charge in [0.1, 0.15) is 0 Å². The third-order valence-electron chi connectivity index (χ3n) is 4.34. The average molecular weight is 273 g/mol. The van der Waals surface area contributed by atoms with Crippen LogP contribution in [0.5, 0.6) is 0 Å². The van der Waals surface area contributed by atoms with Gasteiger partial charge < -0.3 is 15.5 Å². The fraction of sp³-hybridized carbons (Fsp3) is 0.562. The Balaban J connectivity index is 1.89. The lowest BCUT2D eigenvalue weighted by Gasteiger charge is -2.29. The molecule has 0 saturated carbocycles. The van der Waals surface area contributed by atoms with Crippen LogP contribution in [0.2, 0.25) is 0 Å². The third-order valence-corrected chi connectivity index (χ3v) is 4.34. The van der Waals surface area contributed by atoms with Crippen molar-refractivity contribution in [3.63, 3.8) is 0 Å². The number of hydrogen-bond acceptors (Lipinski definition) is 3. The summed E-state index contributed by atoms with van der Waals surface area (Å²) in [7, 11) is 0. The second-order valence-electron chi connectivity index (χ2n) is 5.82. The van der Waals surface area contributed by atoms with Crippen molar-refractivity contribution < 1.29 is 4.79 Å². The molecule has 0 atom stereocenters. The van der Waals surface area contributed by atoms with Gasteiger partial charge in [-0.3, -0.25) is 4.79 Å². The first-order chi connectivity index (χ1) is 9.75. The van der Waals surface area contributed by atoms with Crippen molar-refractivity contribution in [2.75, 3.05) is 36.8 Å². The van der Waals surface area contributed by atoms with E-state index in [0.29, 0.717) is 5.69 Å². The van der Waals surface area contributed by atoms with Gasteiger partial charge in [0.15, 0.2) is 0 Å². The molecule has 3 rings (SSSR count). The van der Waals surface area contributed by atoms with Crippen molar-refractivity contribution >= 4 is 17.3 Å². The van der Waals surface area contributed by atoms with Crippen LogP contribution in [0.25, 0.3) is 0 Å². The molecule has 20 heavy (non-hydrogen) atoms. The summed E-state index contributed by atoms with van der Waals surface area (Å²) < 4.78 is 0. The number of piperidine rings is 1. The molecule has 1 aromatic carbocycles. The molecule has 2 aliphatic heterocycles. The van der Waals surface area contributed by atoms with Gasteiger partial charge in [0, 0.05) is 37.6 Å². The van der Waals surface area contributed by atoms with Crippen LogP contribution in [0.3, 0.4) is 0 Å². The van der Waals surface area contributed by atoms with Crippen molar-refractivity contribution in [2.45, 2.75) is 32.1 Å². The first-order valence-electron chi connectivity index (χ1n) is 7.69. The van der Waals surface area contributed by atoms with E-state index in [1.807, 2.05) is 23.1 Å². The van der Waals surface area contributed by atoms with E-state index >= 15 is 0 Å². The van der Waals surface area contributed by atoms with Crippen LogP contribution >= 0.6 is 0 Å². The summed E-state index contributed by atoms with van der Waals surface area (Å²) in [6.45, 7) is 3.86. The molecule has 2 aliphatic rings. The summed E-state index contributed by atoms with van der Waals surface area (Å²) in [4.78, 5) is 17.1. The molecule has 2 N–H and O–H groups in total. The molecule has 2 heterocycles. The monoisotopic (exact) mass is 273 g/mol. The van der Waals surface area contributed by atoms with Gasteiger partial charge in [-0.25, -0.2) is 0 Å². The molecule has 0 aliphatic carbocycles. The second-order valence-corrected chi connectivity index (χ2v) is 5.82. The Morgan fingerprint density at radius 2 is 1.60 bits per heavy atom. The van der Waals surface area contributed by atoms with Gasteiger partial charge in [-0.1, -0.05) is 0 Å². The lowest BCUT2D eigenvalue weighted by atomic mass is 10.1. The molecule has 0 aromatic heterocycles. The Morgan fingerprint density at radius 3 is 2.30 bits per heavy atom. The highest BCUT2D eigenvalue weighted by molar-refractivity contribution is 6.00. The molecule has 0 radical (unpaired) electrons. The normalized spacial score (nSPS) is 19.4. The fourth-order valence-corrected chi connectivity index (χ4v) is 3.23. The maximum Gasteiger partial charge on any atom is 0.256 e. The summed E-state index contributed by atoms with van der Waals surface area (Å²) in [5.74, 6) is 0.152. The zero-order chi connectivity index (χ0) is 13.9. The fourth-order valence-electron chi connectivity index (χ4n) is 3.23. The molecule has 2 saturated heterocycles. The van der Waals surface area contributed by atoms with Crippen molar-refractivity contribution in [3.05, 3.63) is 23.8 Å². The highest BCUT2D eigenvalue weighted by Gasteiger charge is 2.24. The summed E-state index contributed by atoms with van der Waals surface area (Å²) in [5.41, 5.74) is 8.43. The number of carbonyl (C=O) groups excluding carboxylic acids is 1. The van der Waals surface area contributed by atoms with E-state index < -0.39 is 0 Å². The number of likely N-dealkylation sites (tertiary alicyclic amines) is 1. The van der Waals surface area contributed by atoms with Gasteiger partial charge in [-0.2, -0.15) is 0 Å². The number of hydrogen-bond donors (Lipinski definition) is 1. The maximum atomic E-state index is 12.8. The number of nitrogen functional groups attached to an aromatic ring is 1. The number of rotatable bonds is 2. The Kier molecular flexibility index (Phi) is 3.81. The average Bonchev–Trinajstić information content (AvgIpc) is 3.01. The quantitative estimate of drug-likeness (QED) is 0.842. The molecule has 108 valence electrons. The second kappa shape index (κ2) is 5.73. The van der Waals surface area contributed by atoms with E-state index in [2.05, 4.69) is 4.90 Å². The summed E-state index contributed by atoms with van der Waals surface area (Å²) >= 11 is 0. The molecule has 4 heteroatoms. The van der Waals surface area contributed by atoms with Crippen LogP contribution in [-0.2, 0) is 0 Å². The van der Waals surface area contributed by atoms with Crippen LogP contribution in [0.15, 0.2) is 18.2 Å². The largest absolute Gasteiger partial charge is 0.399 e. The van der Waals surface area contributed by atoms with E-state index in [9.17, 15) is 4.79 Å². The van der Waals surface area contributed by atoms with Crippen molar-refractivity contribution in [1.29, 1.82) is 0 Å². The molecule has 0 spiro atoms. The molecule has 0 unspecified atom stereocenters. The third kappa shape index (κ3) is 2.60. The number of benzene rings is 1.